The summed E-state index contributed by atoms with van der Waals surface area (Å²) in [6.45, 7) is 6.15. The summed E-state index contributed by atoms with van der Waals surface area (Å²) in [5.41, 5.74) is 2.90. The number of hydrazine groups is 1. The quantitative estimate of drug-likeness (QED) is 0.689. The van der Waals surface area contributed by atoms with Crippen LogP contribution in [0.15, 0.2) is 0 Å². The molecule has 0 aromatic rings. The van der Waals surface area contributed by atoms with Crippen LogP contribution in [0.4, 0.5) is 0 Å². The van der Waals surface area contributed by atoms with Gasteiger partial charge in [-0.25, -0.2) is 5.01 Å². The van der Waals surface area contributed by atoms with Gasteiger partial charge in [0.1, 0.15) is 0 Å². The molecule has 0 radical (unpaired) electrons. The lowest BCUT2D eigenvalue weighted by molar-refractivity contribution is -0.126. The van der Waals surface area contributed by atoms with Gasteiger partial charge >= 0.3 is 0 Å². The number of nitrogens with zero attached hydrogens (tertiary/aromatic N) is 1. The third kappa shape index (κ3) is 3.22. The maximum absolute atomic E-state index is 11.3. The lowest BCUT2D eigenvalue weighted by atomic mass is 10.1. The summed E-state index contributed by atoms with van der Waals surface area (Å²) in [7, 11) is 0. The second-order valence-electron chi connectivity index (χ2n) is 3.83. The molecule has 1 N–H and O–H groups in total. The summed E-state index contributed by atoms with van der Waals surface area (Å²) in [5, 5.41) is 2.02. The molecule has 1 amide bonds. The van der Waals surface area contributed by atoms with E-state index in [0.717, 1.165) is 13.1 Å². The highest BCUT2D eigenvalue weighted by Crippen LogP contribution is 2.05. The van der Waals surface area contributed by atoms with Crippen molar-refractivity contribution in [3.63, 3.8) is 0 Å². The van der Waals surface area contributed by atoms with Gasteiger partial charge in [-0.15, -0.1) is 0 Å². The van der Waals surface area contributed by atoms with E-state index in [1.165, 1.54) is 12.8 Å². The van der Waals surface area contributed by atoms with E-state index in [-0.39, 0.29) is 5.91 Å². The van der Waals surface area contributed by atoms with Gasteiger partial charge < -0.3 is 0 Å². The van der Waals surface area contributed by atoms with Crippen LogP contribution in [0.5, 0.6) is 0 Å². The zero-order chi connectivity index (χ0) is 8.97. The van der Waals surface area contributed by atoms with Gasteiger partial charge in [0, 0.05) is 19.5 Å². The van der Waals surface area contributed by atoms with Crippen LogP contribution in [-0.4, -0.2) is 24.0 Å². The molecular formula is C9H18N2O. The lowest BCUT2D eigenvalue weighted by Gasteiger charge is -2.16. The molecule has 0 aromatic carbocycles. The molecule has 12 heavy (non-hydrogen) atoms. The maximum Gasteiger partial charge on any atom is 0.234 e. The normalized spacial score (nSPS) is 18.6. The van der Waals surface area contributed by atoms with Gasteiger partial charge in [-0.1, -0.05) is 13.8 Å². The van der Waals surface area contributed by atoms with E-state index in [1.807, 2.05) is 5.01 Å². The Morgan fingerprint density at radius 2 is 2.00 bits per heavy atom. The van der Waals surface area contributed by atoms with Crippen LogP contribution in [-0.2, 0) is 4.79 Å². The van der Waals surface area contributed by atoms with Crippen LogP contribution in [0, 0.1) is 5.92 Å². The van der Waals surface area contributed by atoms with Crippen LogP contribution < -0.4 is 5.43 Å². The van der Waals surface area contributed by atoms with Gasteiger partial charge in [-0.05, 0) is 18.8 Å². The van der Waals surface area contributed by atoms with E-state index in [9.17, 15) is 4.79 Å². The van der Waals surface area contributed by atoms with E-state index in [1.54, 1.807) is 0 Å². The third-order valence-corrected chi connectivity index (χ3v) is 1.98. The van der Waals surface area contributed by atoms with Crippen molar-refractivity contribution >= 4 is 5.91 Å². The van der Waals surface area contributed by atoms with Crippen LogP contribution in [0.1, 0.15) is 33.1 Å². The average molecular weight is 170 g/mol. The fourth-order valence-electron chi connectivity index (χ4n) is 1.42. The Morgan fingerprint density at radius 1 is 1.42 bits per heavy atom. The Morgan fingerprint density at radius 3 is 2.50 bits per heavy atom. The Bertz CT molecular complexity index is 151. The van der Waals surface area contributed by atoms with Gasteiger partial charge in [-0.3, -0.25) is 10.2 Å². The smallest absolute Gasteiger partial charge is 0.234 e. The molecule has 0 saturated carbocycles. The maximum atomic E-state index is 11.3. The molecule has 1 saturated heterocycles. The highest BCUT2D eigenvalue weighted by Gasteiger charge is 2.14. The predicted molar refractivity (Wildman–Crippen MR) is 48.4 cm³/mol. The largest absolute Gasteiger partial charge is 0.289 e. The van der Waals surface area contributed by atoms with Gasteiger partial charge in [0.05, 0.1) is 0 Å². The molecule has 0 bridgehead atoms. The number of hydrogen-bond donors (Lipinski definition) is 1. The zero-order valence-corrected chi connectivity index (χ0v) is 7.97. The fourth-order valence-corrected chi connectivity index (χ4v) is 1.42. The summed E-state index contributed by atoms with van der Waals surface area (Å²) < 4.78 is 0. The Labute approximate surface area is 74.1 Å². The first-order valence-electron chi connectivity index (χ1n) is 4.73. The Kier molecular flexibility index (Phi) is 3.53. The zero-order valence-electron chi connectivity index (χ0n) is 7.97. The van der Waals surface area contributed by atoms with Crippen molar-refractivity contribution in [2.24, 2.45) is 5.92 Å². The molecule has 0 spiro atoms. The van der Waals surface area contributed by atoms with E-state index >= 15 is 0 Å². The van der Waals surface area contributed by atoms with E-state index in [2.05, 4.69) is 19.3 Å². The molecule has 0 unspecified atom stereocenters. The number of carbonyl (C=O) groups excluding carboxylic acids is 1. The standard InChI is InChI=1S/C9H18N2O/c1-8(2)7-9(12)10-11-5-3-4-6-11/h8H,3-7H2,1-2H3,(H,10,12). The van der Waals surface area contributed by atoms with Crippen LogP contribution in [0.25, 0.3) is 0 Å². The van der Waals surface area contributed by atoms with Crippen molar-refractivity contribution in [2.45, 2.75) is 33.1 Å². The molecule has 1 rings (SSSR count). The van der Waals surface area contributed by atoms with E-state index in [4.69, 9.17) is 0 Å². The van der Waals surface area contributed by atoms with Crippen LogP contribution >= 0.6 is 0 Å². The molecule has 3 heteroatoms. The third-order valence-electron chi connectivity index (χ3n) is 1.98. The topological polar surface area (TPSA) is 32.3 Å². The van der Waals surface area contributed by atoms with Gasteiger partial charge in [-0.2, -0.15) is 0 Å². The lowest BCUT2D eigenvalue weighted by Crippen LogP contribution is -2.40. The number of rotatable bonds is 3. The minimum atomic E-state index is 0.159. The van der Waals surface area contributed by atoms with Crippen LogP contribution in [0.3, 0.4) is 0 Å². The minimum absolute atomic E-state index is 0.159. The second-order valence-corrected chi connectivity index (χ2v) is 3.83. The fraction of sp³-hybridized carbons (Fsp3) is 0.889. The number of carbonyl (C=O) groups is 1. The first-order valence-corrected chi connectivity index (χ1v) is 4.73. The summed E-state index contributed by atoms with van der Waals surface area (Å²) in [6.07, 6.45) is 3.06. The summed E-state index contributed by atoms with van der Waals surface area (Å²) in [4.78, 5) is 11.3. The van der Waals surface area contributed by atoms with Gasteiger partial charge in [0.25, 0.3) is 0 Å². The van der Waals surface area contributed by atoms with Crippen LogP contribution in [0.2, 0.25) is 0 Å². The van der Waals surface area contributed by atoms with Gasteiger partial charge in [0.15, 0.2) is 0 Å². The summed E-state index contributed by atoms with van der Waals surface area (Å²) >= 11 is 0. The molecule has 0 atom stereocenters. The van der Waals surface area contributed by atoms with Gasteiger partial charge in [0.2, 0.25) is 5.91 Å². The summed E-state index contributed by atoms with van der Waals surface area (Å²) in [6, 6.07) is 0. The van der Waals surface area contributed by atoms with E-state index in [0.29, 0.717) is 12.3 Å². The van der Waals surface area contributed by atoms with Crippen molar-refractivity contribution in [1.29, 1.82) is 0 Å². The number of amides is 1. The van der Waals surface area contributed by atoms with Crippen molar-refractivity contribution in [3.05, 3.63) is 0 Å². The molecule has 0 aromatic heterocycles. The molecule has 3 nitrogen and oxygen atoms in total. The highest BCUT2D eigenvalue weighted by molar-refractivity contribution is 5.75. The highest BCUT2D eigenvalue weighted by atomic mass is 16.2. The number of hydrogen-bond acceptors (Lipinski definition) is 2. The monoisotopic (exact) mass is 170 g/mol. The summed E-state index contributed by atoms with van der Waals surface area (Å²) in [5.74, 6) is 0.611. The molecule has 1 aliphatic rings. The first-order chi connectivity index (χ1) is 5.68. The Balaban J connectivity index is 2.16. The molecule has 1 heterocycles. The van der Waals surface area contributed by atoms with Crippen molar-refractivity contribution in [1.82, 2.24) is 10.4 Å². The van der Waals surface area contributed by atoms with Crippen molar-refractivity contribution in [3.8, 4) is 0 Å². The molecular weight excluding hydrogens is 152 g/mol. The SMILES string of the molecule is CC(C)CC(=O)NN1CCCC1. The molecule has 1 aliphatic heterocycles. The average Bonchev–Trinajstić information content (AvgIpc) is 2.37. The van der Waals surface area contributed by atoms with Crippen molar-refractivity contribution < 1.29 is 4.79 Å². The Hall–Kier alpha value is -0.570. The molecule has 70 valence electrons. The van der Waals surface area contributed by atoms with Crippen molar-refractivity contribution in [2.75, 3.05) is 13.1 Å². The predicted octanol–water partition coefficient (Wildman–Crippen LogP) is 1.16. The first kappa shape index (κ1) is 9.52. The number of nitrogens with one attached hydrogen (secondary N) is 1. The molecule has 0 aliphatic carbocycles. The second kappa shape index (κ2) is 4.45. The van der Waals surface area contributed by atoms with E-state index < -0.39 is 0 Å². The minimum Gasteiger partial charge on any atom is -0.289 e. The molecule has 1 fully saturated rings.